The third kappa shape index (κ3) is 2.62. The summed E-state index contributed by atoms with van der Waals surface area (Å²) in [4.78, 5) is 34.1. The highest BCUT2D eigenvalue weighted by molar-refractivity contribution is 9.10. The Morgan fingerprint density at radius 1 is 0.812 bits per heavy atom. The number of aromatic nitrogens is 2. The number of H-pyrrole nitrogens is 2. The van der Waals surface area contributed by atoms with E-state index in [1.165, 1.54) is 24.2 Å². The highest BCUT2D eigenvalue weighted by atomic mass is 79.9. The maximum absolute atomic E-state index is 13.0. The van der Waals surface area contributed by atoms with Crippen molar-refractivity contribution in [2.45, 2.75) is 19.3 Å². The van der Waals surface area contributed by atoms with Gasteiger partial charge in [-0.05, 0) is 43.5 Å². The summed E-state index contributed by atoms with van der Waals surface area (Å²) in [6.07, 6.45) is 8.50. The summed E-state index contributed by atoms with van der Waals surface area (Å²) < 4.78 is 0.923. The van der Waals surface area contributed by atoms with Gasteiger partial charge in [0.05, 0.1) is 22.2 Å². The Bertz CT molecular complexity index is 1620. The highest BCUT2D eigenvalue weighted by Crippen LogP contribution is 2.43. The fourth-order valence-electron chi connectivity index (χ4n) is 4.90. The summed E-state index contributed by atoms with van der Waals surface area (Å²) in [5.41, 5.74) is 4.55. The minimum atomic E-state index is -0.256. The van der Waals surface area contributed by atoms with E-state index in [0.29, 0.717) is 11.1 Å². The van der Waals surface area contributed by atoms with Gasteiger partial charge in [-0.1, -0.05) is 46.3 Å². The fraction of sp³-hybridized carbons (Fsp3) is 0.154. The third-order valence-electron chi connectivity index (χ3n) is 6.41. The van der Waals surface area contributed by atoms with Crippen molar-refractivity contribution in [3.63, 3.8) is 0 Å². The van der Waals surface area contributed by atoms with E-state index in [4.69, 9.17) is 0 Å². The molecule has 3 heterocycles. The molecule has 158 valence electrons. The number of aromatic amines is 2. The number of nitrogens with one attached hydrogen (secondary N) is 2. The number of nitrogens with zero attached hydrogens (tertiary/aromatic N) is 1. The minimum Gasteiger partial charge on any atom is -0.353 e. The van der Waals surface area contributed by atoms with E-state index in [-0.39, 0.29) is 11.8 Å². The number of hydrogen-bond acceptors (Lipinski definition) is 2. The zero-order valence-corrected chi connectivity index (χ0v) is 19.0. The average molecular weight is 486 g/mol. The summed E-state index contributed by atoms with van der Waals surface area (Å²) >= 11 is 3.52. The van der Waals surface area contributed by atoms with Crippen LogP contribution < -0.4 is 0 Å². The first-order valence-electron chi connectivity index (χ1n) is 10.7. The van der Waals surface area contributed by atoms with Crippen molar-refractivity contribution in [2.24, 2.45) is 0 Å². The van der Waals surface area contributed by atoms with E-state index in [0.717, 1.165) is 48.1 Å². The summed E-state index contributed by atoms with van der Waals surface area (Å²) in [7, 11) is 1.54. The molecule has 2 amide bonds. The largest absolute Gasteiger partial charge is 0.353 e. The van der Waals surface area contributed by atoms with Crippen LogP contribution in [-0.4, -0.2) is 33.7 Å². The number of fused-ring (bicyclic) bond motifs is 10. The molecular weight excluding hydrogens is 466 g/mol. The van der Waals surface area contributed by atoms with E-state index in [1.54, 1.807) is 7.05 Å². The predicted octanol–water partition coefficient (Wildman–Crippen LogP) is 6.67. The number of benzene rings is 3. The summed E-state index contributed by atoms with van der Waals surface area (Å²) in [6, 6.07) is 13.8. The van der Waals surface area contributed by atoms with Crippen LogP contribution in [0.1, 0.15) is 40.0 Å². The van der Waals surface area contributed by atoms with Gasteiger partial charge in [-0.2, -0.15) is 0 Å². The molecule has 2 aromatic heterocycles. The number of imide groups is 1. The Labute approximate surface area is 192 Å². The first-order chi connectivity index (χ1) is 15.6. The van der Waals surface area contributed by atoms with Gasteiger partial charge < -0.3 is 9.97 Å². The van der Waals surface area contributed by atoms with Crippen molar-refractivity contribution in [1.82, 2.24) is 14.9 Å². The number of carbonyl (C=O) groups excluding carboxylic acids is 2. The second-order valence-corrected chi connectivity index (χ2v) is 9.22. The molecule has 1 aliphatic carbocycles. The van der Waals surface area contributed by atoms with Crippen LogP contribution in [0.2, 0.25) is 0 Å². The van der Waals surface area contributed by atoms with E-state index in [9.17, 15) is 9.59 Å². The van der Waals surface area contributed by atoms with Crippen molar-refractivity contribution in [2.75, 3.05) is 7.05 Å². The van der Waals surface area contributed by atoms with Crippen LogP contribution in [0, 0.1) is 0 Å². The van der Waals surface area contributed by atoms with Crippen LogP contribution in [0.3, 0.4) is 0 Å². The number of rotatable bonds is 0. The molecule has 0 atom stereocenters. The SMILES string of the molecule is C1=CCCC1.CN1C(=O)c2c(c3c4cc(Br)ccc4[nH]c3c3[nH]c4ccccc4c23)C1=O. The van der Waals surface area contributed by atoms with Crippen LogP contribution >= 0.6 is 15.9 Å². The van der Waals surface area contributed by atoms with Gasteiger partial charge in [-0.15, -0.1) is 0 Å². The Kier molecular flexibility index (Phi) is 4.27. The molecule has 6 heteroatoms. The zero-order valence-electron chi connectivity index (χ0n) is 17.5. The predicted molar refractivity (Wildman–Crippen MR) is 132 cm³/mol. The molecule has 5 nitrogen and oxygen atoms in total. The second-order valence-electron chi connectivity index (χ2n) is 8.31. The quantitative estimate of drug-likeness (QED) is 0.190. The molecule has 0 spiro atoms. The standard InChI is InChI=1S/C21H12BrN3O2.C5H8/c1-25-20(26)16-14-10-4-2-3-5-12(10)23-18(14)19-15(17(16)21(25)27)11-8-9(22)6-7-13(11)24-19;1-2-4-5-3-1/h2-8,23-24H,1H3;1-2H,3-5H2. The fourth-order valence-corrected chi connectivity index (χ4v) is 5.26. The zero-order chi connectivity index (χ0) is 22.0. The van der Waals surface area contributed by atoms with Crippen molar-refractivity contribution in [3.05, 3.63) is 70.2 Å². The third-order valence-corrected chi connectivity index (χ3v) is 6.91. The number of allylic oxidation sites excluding steroid dienone is 2. The van der Waals surface area contributed by atoms with Gasteiger partial charge in [0.1, 0.15) is 0 Å². The molecule has 0 fully saturated rings. The molecule has 0 unspecified atom stereocenters. The number of para-hydroxylation sites is 1. The number of halogens is 1. The molecule has 0 saturated heterocycles. The Morgan fingerprint density at radius 3 is 2.03 bits per heavy atom. The number of hydrogen-bond donors (Lipinski definition) is 2. The van der Waals surface area contributed by atoms with Crippen LogP contribution in [0.5, 0.6) is 0 Å². The Balaban J connectivity index is 0.000000348. The van der Waals surface area contributed by atoms with Gasteiger partial charge in [-0.25, -0.2) is 0 Å². The van der Waals surface area contributed by atoms with Crippen molar-refractivity contribution in [1.29, 1.82) is 0 Å². The van der Waals surface area contributed by atoms with Gasteiger partial charge in [0.2, 0.25) is 0 Å². The Morgan fingerprint density at radius 2 is 1.41 bits per heavy atom. The molecule has 1 aliphatic heterocycles. The number of carbonyl (C=O) groups is 2. The van der Waals surface area contributed by atoms with Crippen molar-refractivity contribution < 1.29 is 9.59 Å². The molecule has 7 rings (SSSR count). The van der Waals surface area contributed by atoms with Crippen molar-refractivity contribution in [3.8, 4) is 0 Å². The second kappa shape index (κ2) is 7.07. The monoisotopic (exact) mass is 485 g/mol. The van der Waals surface area contributed by atoms with Gasteiger partial charge in [-0.3, -0.25) is 14.5 Å². The minimum absolute atomic E-state index is 0.254. The molecule has 3 aromatic carbocycles. The maximum Gasteiger partial charge on any atom is 0.262 e. The summed E-state index contributed by atoms with van der Waals surface area (Å²) in [6.45, 7) is 0. The Hall–Kier alpha value is -3.38. The molecule has 0 bridgehead atoms. The van der Waals surface area contributed by atoms with E-state index >= 15 is 0 Å². The maximum atomic E-state index is 13.0. The average Bonchev–Trinajstić information content (AvgIpc) is 3.58. The van der Waals surface area contributed by atoms with Crippen LogP contribution in [-0.2, 0) is 0 Å². The van der Waals surface area contributed by atoms with Gasteiger partial charge in [0.25, 0.3) is 11.8 Å². The van der Waals surface area contributed by atoms with Gasteiger partial charge in [0, 0.05) is 44.1 Å². The van der Waals surface area contributed by atoms with E-state index in [1.807, 2.05) is 42.5 Å². The lowest BCUT2D eigenvalue weighted by Crippen LogP contribution is -2.24. The molecule has 2 N–H and O–H groups in total. The lowest BCUT2D eigenvalue weighted by atomic mass is 9.97. The molecule has 2 aliphatic rings. The van der Waals surface area contributed by atoms with Crippen molar-refractivity contribution >= 4 is 71.4 Å². The molecular formula is C26H20BrN3O2. The molecule has 5 aromatic rings. The van der Waals surface area contributed by atoms with Crippen LogP contribution in [0.25, 0.3) is 43.6 Å². The van der Waals surface area contributed by atoms with Crippen LogP contribution in [0.15, 0.2) is 59.1 Å². The van der Waals surface area contributed by atoms with Crippen LogP contribution in [0.4, 0.5) is 0 Å². The van der Waals surface area contributed by atoms with E-state index in [2.05, 4.69) is 38.0 Å². The normalized spacial score (nSPS) is 15.4. The topological polar surface area (TPSA) is 69.0 Å². The summed E-state index contributed by atoms with van der Waals surface area (Å²) in [5.74, 6) is -0.510. The smallest absolute Gasteiger partial charge is 0.262 e. The van der Waals surface area contributed by atoms with Gasteiger partial charge in [0.15, 0.2) is 0 Å². The molecule has 32 heavy (non-hydrogen) atoms. The molecule has 0 radical (unpaired) electrons. The lowest BCUT2D eigenvalue weighted by Gasteiger charge is -2.03. The molecule has 0 saturated carbocycles. The summed E-state index contributed by atoms with van der Waals surface area (Å²) in [5, 5.41) is 3.47. The van der Waals surface area contributed by atoms with Gasteiger partial charge >= 0.3 is 0 Å². The first-order valence-corrected chi connectivity index (χ1v) is 11.5. The first kappa shape index (κ1) is 19.3. The lowest BCUT2D eigenvalue weighted by molar-refractivity contribution is 0.0694. The number of amides is 2. The highest BCUT2D eigenvalue weighted by Gasteiger charge is 2.38. The van der Waals surface area contributed by atoms with E-state index < -0.39 is 0 Å².